The van der Waals surface area contributed by atoms with Gasteiger partial charge in [-0.05, 0) is 53.8 Å². The molecule has 2 aromatic heterocycles. The van der Waals surface area contributed by atoms with Gasteiger partial charge in [0.15, 0.2) is 0 Å². The zero-order valence-electron chi connectivity index (χ0n) is 14.3. The summed E-state index contributed by atoms with van der Waals surface area (Å²) in [6.45, 7) is 6.78. The van der Waals surface area contributed by atoms with Gasteiger partial charge in [0.2, 0.25) is 0 Å². The molecule has 0 unspecified atom stereocenters. The van der Waals surface area contributed by atoms with Gasteiger partial charge in [0.1, 0.15) is 11.2 Å². The van der Waals surface area contributed by atoms with E-state index in [9.17, 15) is 0 Å². The van der Waals surface area contributed by atoms with Gasteiger partial charge in [-0.25, -0.2) is 0 Å². The zero-order valence-corrected chi connectivity index (χ0v) is 14.3. The Morgan fingerprint density at radius 1 is 0.875 bits per heavy atom. The first-order valence-electron chi connectivity index (χ1n) is 8.36. The maximum atomic E-state index is 5.91. The molecule has 0 bridgehead atoms. The summed E-state index contributed by atoms with van der Waals surface area (Å²) in [6, 6.07) is 18.8. The van der Waals surface area contributed by atoms with E-state index in [-0.39, 0.29) is 5.41 Å². The van der Waals surface area contributed by atoms with E-state index in [1.165, 1.54) is 5.56 Å². The first-order valence-corrected chi connectivity index (χ1v) is 8.36. The molecule has 2 aromatic carbocycles. The van der Waals surface area contributed by atoms with Crippen molar-refractivity contribution in [3.63, 3.8) is 0 Å². The molecule has 0 atom stereocenters. The molecule has 0 radical (unpaired) electrons. The zero-order chi connectivity index (χ0) is 16.7. The first-order chi connectivity index (χ1) is 11.5. The number of rotatable bonds is 2. The van der Waals surface area contributed by atoms with Gasteiger partial charge >= 0.3 is 0 Å². The number of para-hydroxylation sites is 1. The molecule has 0 aliphatic rings. The lowest BCUT2D eigenvalue weighted by Gasteiger charge is -2.18. The predicted octanol–water partition coefficient (Wildman–Crippen LogP) is 6.24. The molecule has 2 heteroatoms. The quantitative estimate of drug-likeness (QED) is 0.438. The number of benzene rings is 2. The summed E-state index contributed by atoms with van der Waals surface area (Å²) in [6.07, 6.45) is 2.95. The van der Waals surface area contributed by atoms with Crippen LogP contribution < -0.4 is 0 Å². The third-order valence-electron chi connectivity index (χ3n) is 4.23. The summed E-state index contributed by atoms with van der Waals surface area (Å²) in [5.74, 6) is 0. The average Bonchev–Trinajstić information content (AvgIpc) is 2.91. The Labute approximate surface area is 142 Å². The number of furan rings is 1. The predicted molar refractivity (Wildman–Crippen MR) is 100 cm³/mol. The molecule has 2 nitrogen and oxygen atoms in total. The van der Waals surface area contributed by atoms with Gasteiger partial charge in [-0.15, -0.1) is 0 Å². The molecule has 0 aliphatic carbocycles. The SMILES string of the molecule is CC(C)(C)Cc1ccnc(-c2ccc3oc4ccccc4c3c2)c1. The number of hydrogen-bond acceptors (Lipinski definition) is 2. The second-order valence-electron chi connectivity index (χ2n) is 7.60. The molecule has 0 spiro atoms. The molecule has 0 aliphatic heterocycles. The van der Waals surface area contributed by atoms with Crippen LogP contribution in [-0.4, -0.2) is 4.98 Å². The fraction of sp³-hybridized carbons (Fsp3) is 0.227. The van der Waals surface area contributed by atoms with Crippen molar-refractivity contribution in [3.8, 4) is 11.3 Å². The minimum absolute atomic E-state index is 0.267. The van der Waals surface area contributed by atoms with Crippen LogP contribution in [0.1, 0.15) is 26.3 Å². The summed E-state index contributed by atoms with van der Waals surface area (Å²) in [7, 11) is 0. The van der Waals surface area contributed by atoms with Crippen molar-refractivity contribution in [2.24, 2.45) is 5.41 Å². The lowest BCUT2D eigenvalue weighted by Crippen LogP contribution is -2.09. The third kappa shape index (κ3) is 2.80. The summed E-state index contributed by atoms with van der Waals surface area (Å²) >= 11 is 0. The number of nitrogens with zero attached hydrogens (tertiary/aromatic N) is 1. The van der Waals surface area contributed by atoms with E-state index in [1.807, 2.05) is 30.5 Å². The van der Waals surface area contributed by atoms with Crippen LogP contribution in [0.3, 0.4) is 0 Å². The van der Waals surface area contributed by atoms with Crippen LogP contribution in [0, 0.1) is 5.41 Å². The van der Waals surface area contributed by atoms with E-state index >= 15 is 0 Å². The van der Waals surface area contributed by atoms with Crippen LogP contribution in [0.5, 0.6) is 0 Å². The van der Waals surface area contributed by atoms with Crippen molar-refractivity contribution in [2.75, 3.05) is 0 Å². The van der Waals surface area contributed by atoms with Crippen molar-refractivity contribution < 1.29 is 4.42 Å². The highest BCUT2D eigenvalue weighted by Crippen LogP contribution is 2.32. The molecule has 4 aromatic rings. The number of hydrogen-bond donors (Lipinski definition) is 0. The van der Waals surface area contributed by atoms with Crippen LogP contribution >= 0.6 is 0 Å². The Bertz CT molecular complexity index is 1020. The molecule has 0 amide bonds. The van der Waals surface area contributed by atoms with Crippen molar-refractivity contribution in [2.45, 2.75) is 27.2 Å². The largest absolute Gasteiger partial charge is 0.456 e. The molecular weight excluding hydrogens is 294 g/mol. The van der Waals surface area contributed by atoms with E-state index in [0.29, 0.717) is 0 Å². The number of fused-ring (bicyclic) bond motifs is 3. The summed E-state index contributed by atoms with van der Waals surface area (Å²) < 4.78 is 5.91. The summed E-state index contributed by atoms with van der Waals surface area (Å²) in [4.78, 5) is 4.58. The molecule has 24 heavy (non-hydrogen) atoms. The normalized spacial score (nSPS) is 12.1. The lowest BCUT2D eigenvalue weighted by molar-refractivity contribution is 0.411. The topological polar surface area (TPSA) is 26.0 Å². The minimum atomic E-state index is 0.267. The van der Waals surface area contributed by atoms with Crippen LogP contribution in [0.4, 0.5) is 0 Å². The second-order valence-corrected chi connectivity index (χ2v) is 7.60. The van der Waals surface area contributed by atoms with Gasteiger partial charge in [-0.1, -0.05) is 39.0 Å². The van der Waals surface area contributed by atoms with Crippen molar-refractivity contribution in [1.82, 2.24) is 4.98 Å². The molecule has 2 heterocycles. The molecule has 0 fully saturated rings. The highest BCUT2D eigenvalue weighted by molar-refractivity contribution is 6.06. The Morgan fingerprint density at radius 2 is 1.67 bits per heavy atom. The molecule has 4 rings (SSSR count). The lowest BCUT2D eigenvalue weighted by atomic mass is 9.88. The number of aromatic nitrogens is 1. The highest BCUT2D eigenvalue weighted by Gasteiger charge is 2.13. The van der Waals surface area contributed by atoms with Crippen molar-refractivity contribution in [3.05, 3.63) is 66.4 Å². The van der Waals surface area contributed by atoms with E-state index in [4.69, 9.17) is 4.42 Å². The van der Waals surface area contributed by atoms with Gasteiger partial charge in [-0.2, -0.15) is 0 Å². The summed E-state index contributed by atoms with van der Waals surface area (Å²) in [5.41, 5.74) is 5.59. The monoisotopic (exact) mass is 315 g/mol. The smallest absolute Gasteiger partial charge is 0.135 e. The Balaban J connectivity index is 1.81. The highest BCUT2D eigenvalue weighted by atomic mass is 16.3. The van der Waals surface area contributed by atoms with E-state index in [0.717, 1.165) is 39.6 Å². The Kier molecular flexibility index (Phi) is 3.42. The van der Waals surface area contributed by atoms with Crippen LogP contribution in [-0.2, 0) is 6.42 Å². The van der Waals surface area contributed by atoms with Crippen LogP contribution in [0.15, 0.2) is 65.2 Å². The Hall–Kier alpha value is -2.61. The van der Waals surface area contributed by atoms with Gasteiger partial charge in [0.25, 0.3) is 0 Å². The van der Waals surface area contributed by atoms with Crippen molar-refractivity contribution >= 4 is 21.9 Å². The van der Waals surface area contributed by atoms with E-state index < -0.39 is 0 Å². The van der Waals surface area contributed by atoms with E-state index in [1.54, 1.807) is 0 Å². The standard InChI is InChI=1S/C22H21NO/c1-22(2,3)14-15-10-11-23-19(12-15)16-8-9-21-18(13-16)17-6-4-5-7-20(17)24-21/h4-13H,14H2,1-3H3. The van der Waals surface area contributed by atoms with Gasteiger partial charge in [0.05, 0.1) is 5.69 Å². The minimum Gasteiger partial charge on any atom is -0.456 e. The fourth-order valence-electron chi connectivity index (χ4n) is 3.24. The van der Waals surface area contributed by atoms with Gasteiger partial charge in [-0.3, -0.25) is 4.98 Å². The average molecular weight is 315 g/mol. The Morgan fingerprint density at radius 3 is 2.50 bits per heavy atom. The molecule has 0 N–H and O–H groups in total. The van der Waals surface area contributed by atoms with Crippen LogP contribution in [0.2, 0.25) is 0 Å². The summed E-state index contributed by atoms with van der Waals surface area (Å²) in [5, 5.41) is 2.30. The molecular formula is C22H21NO. The maximum Gasteiger partial charge on any atom is 0.135 e. The maximum absolute atomic E-state index is 5.91. The molecule has 0 saturated carbocycles. The molecule has 0 saturated heterocycles. The molecule has 120 valence electrons. The van der Waals surface area contributed by atoms with Gasteiger partial charge < -0.3 is 4.42 Å². The van der Waals surface area contributed by atoms with Crippen LogP contribution in [0.25, 0.3) is 33.2 Å². The fourth-order valence-corrected chi connectivity index (χ4v) is 3.24. The van der Waals surface area contributed by atoms with Crippen molar-refractivity contribution in [1.29, 1.82) is 0 Å². The first kappa shape index (κ1) is 14.9. The van der Waals surface area contributed by atoms with Gasteiger partial charge in [0, 0.05) is 22.5 Å². The van der Waals surface area contributed by atoms with E-state index in [2.05, 4.69) is 56.1 Å². The second kappa shape index (κ2) is 5.48. The number of pyridine rings is 1. The third-order valence-corrected chi connectivity index (χ3v) is 4.23.